The van der Waals surface area contributed by atoms with Gasteiger partial charge in [-0.25, -0.2) is 0 Å². The third-order valence-corrected chi connectivity index (χ3v) is 2.70. The summed E-state index contributed by atoms with van der Waals surface area (Å²) in [5.41, 5.74) is 7.64. The van der Waals surface area contributed by atoms with Crippen molar-refractivity contribution < 1.29 is 9.21 Å². The van der Waals surface area contributed by atoms with Crippen LogP contribution in [0.25, 0.3) is 11.1 Å². The molecule has 1 fully saturated rings. The van der Waals surface area contributed by atoms with E-state index in [0.29, 0.717) is 35.8 Å². The number of aromatic nitrogens is 1. The smallest absolute Gasteiger partial charge is 0.305 e. The Morgan fingerprint density at radius 3 is 3.06 bits per heavy atom. The largest absolute Gasteiger partial charge is 0.423 e. The van der Waals surface area contributed by atoms with Gasteiger partial charge in [-0.3, -0.25) is 9.69 Å². The molecule has 82 valence electrons. The maximum atomic E-state index is 11.5. The Morgan fingerprint density at radius 1 is 1.44 bits per heavy atom. The van der Waals surface area contributed by atoms with Gasteiger partial charge in [-0.15, -0.1) is 0 Å². The zero-order valence-corrected chi connectivity index (χ0v) is 8.64. The van der Waals surface area contributed by atoms with Crippen LogP contribution in [0.15, 0.2) is 22.6 Å². The van der Waals surface area contributed by atoms with Gasteiger partial charge in [0, 0.05) is 18.7 Å². The lowest BCUT2D eigenvalue weighted by Gasteiger charge is -2.08. The number of oxazole rings is 1. The topological polar surface area (TPSA) is 72.4 Å². The number of anilines is 2. The van der Waals surface area contributed by atoms with Crippen molar-refractivity contribution in [1.82, 2.24) is 4.98 Å². The summed E-state index contributed by atoms with van der Waals surface area (Å²) in [7, 11) is 0. The Morgan fingerprint density at radius 2 is 2.31 bits per heavy atom. The highest BCUT2D eigenvalue weighted by atomic mass is 16.4. The van der Waals surface area contributed by atoms with E-state index >= 15 is 0 Å². The predicted molar refractivity (Wildman–Crippen MR) is 60.0 cm³/mol. The fourth-order valence-electron chi connectivity index (χ4n) is 1.90. The lowest BCUT2D eigenvalue weighted by Crippen LogP contribution is -2.23. The summed E-state index contributed by atoms with van der Waals surface area (Å²) in [4.78, 5) is 17.4. The van der Waals surface area contributed by atoms with Crippen LogP contribution in [0.2, 0.25) is 0 Å². The first-order chi connectivity index (χ1) is 7.74. The Kier molecular flexibility index (Phi) is 1.86. The van der Waals surface area contributed by atoms with Crippen LogP contribution in [-0.4, -0.2) is 17.4 Å². The lowest BCUT2D eigenvalue weighted by molar-refractivity contribution is -0.117. The molecule has 0 aliphatic carbocycles. The molecule has 0 bridgehead atoms. The molecule has 0 unspecified atom stereocenters. The number of hydrogen-bond donors (Lipinski definition) is 1. The highest BCUT2D eigenvalue weighted by molar-refractivity contribution is 5.94. The van der Waals surface area contributed by atoms with Crippen LogP contribution in [0, 0.1) is 0 Å². The second-order valence-corrected chi connectivity index (χ2v) is 3.87. The predicted octanol–water partition coefficient (Wildman–Crippen LogP) is 1.54. The van der Waals surface area contributed by atoms with Crippen LogP contribution in [0.1, 0.15) is 12.8 Å². The van der Waals surface area contributed by atoms with Crippen LogP contribution >= 0.6 is 0 Å². The summed E-state index contributed by atoms with van der Waals surface area (Å²) >= 11 is 0. The van der Waals surface area contributed by atoms with E-state index in [9.17, 15) is 4.79 Å². The van der Waals surface area contributed by atoms with Crippen LogP contribution in [0.4, 0.5) is 11.7 Å². The minimum absolute atomic E-state index is 0.0690. The van der Waals surface area contributed by atoms with Crippen molar-refractivity contribution in [3.8, 4) is 0 Å². The van der Waals surface area contributed by atoms with Gasteiger partial charge in [0.15, 0.2) is 5.58 Å². The number of benzene rings is 1. The number of hydrogen-bond acceptors (Lipinski definition) is 4. The molecule has 1 amide bonds. The van der Waals surface area contributed by atoms with Gasteiger partial charge in [0.25, 0.3) is 0 Å². The molecule has 0 atom stereocenters. The maximum Gasteiger partial charge on any atom is 0.305 e. The van der Waals surface area contributed by atoms with Crippen LogP contribution in [0.3, 0.4) is 0 Å². The standard InChI is InChI=1S/C11H11N3O2/c12-7-3-4-9-8(6-7)13-11(16-9)14-5-1-2-10(14)15/h3-4,6H,1-2,5,12H2. The van der Waals surface area contributed by atoms with Gasteiger partial charge < -0.3 is 10.2 Å². The summed E-state index contributed by atoms with van der Waals surface area (Å²) in [6.45, 7) is 0.682. The molecule has 0 saturated carbocycles. The average molecular weight is 217 g/mol. The molecule has 0 spiro atoms. The van der Waals surface area contributed by atoms with Gasteiger partial charge >= 0.3 is 6.01 Å². The number of amides is 1. The number of nitrogens with zero attached hydrogens (tertiary/aromatic N) is 2. The van der Waals surface area contributed by atoms with E-state index in [1.165, 1.54) is 0 Å². The minimum Gasteiger partial charge on any atom is -0.423 e. The quantitative estimate of drug-likeness (QED) is 0.735. The molecule has 1 aliphatic rings. The van der Waals surface area contributed by atoms with Crippen molar-refractivity contribution in [2.75, 3.05) is 17.2 Å². The van der Waals surface area contributed by atoms with Crippen molar-refractivity contribution in [3.05, 3.63) is 18.2 Å². The molecule has 2 aromatic rings. The normalized spacial score (nSPS) is 16.2. The van der Waals surface area contributed by atoms with E-state index in [1.807, 2.05) is 0 Å². The van der Waals surface area contributed by atoms with Gasteiger partial charge in [-0.05, 0) is 24.6 Å². The molecule has 1 aliphatic heterocycles. The summed E-state index contributed by atoms with van der Waals surface area (Å²) in [5.74, 6) is 0.0690. The molecule has 16 heavy (non-hydrogen) atoms. The monoisotopic (exact) mass is 217 g/mol. The first kappa shape index (κ1) is 9.21. The first-order valence-electron chi connectivity index (χ1n) is 5.20. The Balaban J connectivity index is 2.08. The van der Waals surface area contributed by atoms with Crippen molar-refractivity contribution in [1.29, 1.82) is 0 Å². The zero-order chi connectivity index (χ0) is 11.1. The number of fused-ring (bicyclic) bond motifs is 1. The fourth-order valence-corrected chi connectivity index (χ4v) is 1.90. The average Bonchev–Trinajstić information content (AvgIpc) is 2.82. The summed E-state index contributed by atoms with van der Waals surface area (Å²) in [5, 5.41) is 0. The van der Waals surface area contributed by atoms with E-state index in [1.54, 1.807) is 23.1 Å². The lowest BCUT2D eigenvalue weighted by atomic mass is 10.3. The summed E-state index contributed by atoms with van der Waals surface area (Å²) in [6.07, 6.45) is 1.43. The fraction of sp³-hybridized carbons (Fsp3) is 0.273. The molecule has 0 radical (unpaired) electrons. The molecule has 2 heterocycles. The van der Waals surface area contributed by atoms with Crippen LogP contribution in [0.5, 0.6) is 0 Å². The highest BCUT2D eigenvalue weighted by Crippen LogP contribution is 2.26. The summed E-state index contributed by atoms with van der Waals surface area (Å²) < 4.78 is 5.52. The van der Waals surface area contributed by atoms with Gasteiger partial charge in [0.05, 0.1) is 0 Å². The molecule has 5 nitrogen and oxygen atoms in total. The van der Waals surface area contributed by atoms with Gasteiger partial charge in [0.1, 0.15) is 5.52 Å². The molecule has 1 aromatic carbocycles. The van der Waals surface area contributed by atoms with Gasteiger partial charge in [-0.1, -0.05) is 0 Å². The number of nitrogens with two attached hydrogens (primary N) is 1. The van der Waals surface area contributed by atoms with Crippen molar-refractivity contribution in [3.63, 3.8) is 0 Å². The van der Waals surface area contributed by atoms with Crippen molar-refractivity contribution >= 4 is 28.7 Å². The molecular weight excluding hydrogens is 206 g/mol. The van der Waals surface area contributed by atoms with E-state index in [4.69, 9.17) is 10.2 Å². The SMILES string of the molecule is Nc1ccc2oc(N3CCCC3=O)nc2c1. The van der Waals surface area contributed by atoms with E-state index in [-0.39, 0.29) is 5.91 Å². The first-order valence-corrected chi connectivity index (χ1v) is 5.20. The van der Waals surface area contributed by atoms with Crippen LogP contribution in [-0.2, 0) is 4.79 Å². The second kappa shape index (κ2) is 3.23. The number of carbonyl (C=O) groups excluding carboxylic acids is 1. The Bertz CT molecular complexity index is 561. The third-order valence-electron chi connectivity index (χ3n) is 2.70. The molecule has 2 N–H and O–H groups in total. The maximum absolute atomic E-state index is 11.5. The van der Waals surface area contributed by atoms with Gasteiger partial charge in [0.2, 0.25) is 5.91 Å². The van der Waals surface area contributed by atoms with Crippen LogP contribution < -0.4 is 10.6 Å². The van der Waals surface area contributed by atoms with Crippen molar-refractivity contribution in [2.45, 2.75) is 12.8 Å². The van der Waals surface area contributed by atoms with E-state index in [2.05, 4.69) is 4.98 Å². The van der Waals surface area contributed by atoms with E-state index in [0.717, 1.165) is 6.42 Å². The Hall–Kier alpha value is -2.04. The third kappa shape index (κ3) is 1.32. The Labute approximate surface area is 91.8 Å². The van der Waals surface area contributed by atoms with Gasteiger partial charge in [-0.2, -0.15) is 4.98 Å². The molecule has 1 saturated heterocycles. The van der Waals surface area contributed by atoms with Crippen molar-refractivity contribution in [2.24, 2.45) is 0 Å². The molecule has 1 aromatic heterocycles. The molecule has 5 heteroatoms. The molecular formula is C11H11N3O2. The number of rotatable bonds is 1. The molecule has 3 rings (SSSR count). The van der Waals surface area contributed by atoms with E-state index < -0.39 is 0 Å². The highest BCUT2D eigenvalue weighted by Gasteiger charge is 2.25. The number of nitrogen functional groups attached to an aromatic ring is 1. The minimum atomic E-state index is 0.0690. The summed E-state index contributed by atoms with van der Waals surface area (Å²) in [6, 6.07) is 5.64. The zero-order valence-electron chi connectivity index (χ0n) is 8.64. The second-order valence-electron chi connectivity index (χ2n) is 3.87. The number of carbonyl (C=O) groups is 1.